The molecule has 0 spiro atoms. The second kappa shape index (κ2) is 5.25. The summed E-state index contributed by atoms with van der Waals surface area (Å²) in [5.74, 6) is 0.138. The zero-order valence-corrected chi connectivity index (χ0v) is 9.69. The number of nitrogens with zero attached hydrogens (tertiary/aromatic N) is 2. The zero-order chi connectivity index (χ0) is 11.4. The minimum absolute atomic E-state index is 0.138. The SMILES string of the molecule is Cn1ccc(C(=O)CCCC2CCCO2)n1. The second-order valence-electron chi connectivity index (χ2n) is 4.33. The van der Waals surface area contributed by atoms with E-state index in [2.05, 4.69) is 5.10 Å². The highest BCUT2D eigenvalue weighted by molar-refractivity contribution is 5.94. The van der Waals surface area contributed by atoms with Crippen molar-refractivity contribution in [1.29, 1.82) is 0 Å². The molecule has 2 rings (SSSR count). The van der Waals surface area contributed by atoms with Gasteiger partial charge in [-0.3, -0.25) is 9.48 Å². The third-order valence-corrected chi connectivity index (χ3v) is 2.95. The number of rotatable bonds is 5. The fourth-order valence-corrected chi connectivity index (χ4v) is 2.05. The Morgan fingerprint density at radius 3 is 3.19 bits per heavy atom. The van der Waals surface area contributed by atoms with Gasteiger partial charge >= 0.3 is 0 Å². The van der Waals surface area contributed by atoms with Gasteiger partial charge in [-0.15, -0.1) is 0 Å². The maximum atomic E-state index is 11.7. The van der Waals surface area contributed by atoms with Gasteiger partial charge in [0, 0.05) is 26.3 Å². The molecule has 0 bridgehead atoms. The molecular formula is C12H18N2O2. The summed E-state index contributed by atoms with van der Waals surface area (Å²) in [6.07, 6.45) is 6.98. The third-order valence-electron chi connectivity index (χ3n) is 2.95. The monoisotopic (exact) mass is 222 g/mol. The van der Waals surface area contributed by atoms with Gasteiger partial charge in [0.2, 0.25) is 0 Å². The molecule has 2 heterocycles. The molecule has 0 amide bonds. The van der Waals surface area contributed by atoms with Crippen LogP contribution in [-0.4, -0.2) is 28.3 Å². The van der Waals surface area contributed by atoms with Gasteiger partial charge in [0.15, 0.2) is 5.78 Å². The van der Waals surface area contributed by atoms with E-state index in [1.165, 1.54) is 6.42 Å². The molecule has 0 N–H and O–H groups in total. The van der Waals surface area contributed by atoms with Crippen LogP contribution in [0.2, 0.25) is 0 Å². The molecule has 16 heavy (non-hydrogen) atoms. The standard InChI is InChI=1S/C12H18N2O2/c1-14-8-7-11(13-14)12(15)6-2-4-10-5-3-9-16-10/h7-8,10H,2-6,9H2,1H3. The van der Waals surface area contributed by atoms with E-state index < -0.39 is 0 Å². The van der Waals surface area contributed by atoms with Crippen LogP contribution >= 0.6 is 0 Å². The van der Waals surface area contributed by atoms with Crippen LogP contribution < -0.4 is 0 Å². The Balaban J connectivity index is 1.71. The van der Waals surface area contributed by atoms with Crippen molar-refractivity contribution in [2.45, 2.75) is 38.2 Å². The number of ether oxygens (including phenoxy) is 1. The van der Waals surface area contributed by atoms with Crippen molar-refractivity contribution in [3.63, 3.8) is 0 Å². The van der Waals surface area contributed by atoms with Crippen molar-refractivity contribution < 1.29 is 9.53 Å². The lowest BCUT2D eigenvalue weighted by atomic mass is 10.1. The molecule has 1 aromatic heterocycles. The molecule has 0 saturated carbocycles. The highest BCUT2D eigenvalue weighted by Gasteiger charge is 2.16. The summed E-state index contributed by atoms with van der Waals surface area (Å²) in [4.78, 5) is 11.7. The molecule has 1 atom stereocenters. The minimum atomic E-state index is 0.138. The second-order valence-corrected chi connectivity index (χ2v) is 4.33. The van der Waals surface area contributed by atoms with Crippen LogP contribution in [0.3, 0.4) is 0 Å². The summed E-state index contributed by atoms with van der Waals surface area (Å²) in [5.41, 5.74) is 0.579. The maximum absolute atomic E-state index is 11.7. The van der Waals surface area contributed by atoms with Crippen LogP contribution in [0.1, 0.15) is 42.6 Å². The van der Waals surface area contributed by atoms with Crippen LogP contribution in [0.5, 0.6) is 0 Å². The first-order chi connectivity index (χ1) is 7.75. The summed E-state index contributed by atoms with van der Waals surface area (Å²) in [5, 5.41) is 4.10. The van der Waals surface area contributed by atoms with Crippen molar-refractivity contribution >= 4 is 5.78 Å². The van der Waals surface area contributed by atoms with Crippen molar-refractivity contribution in [3.05, 3.63) is 18.0 Å². The average molecular weight is 222 g/mol. The molecule has 4 heteroatoms. The Morgan fingerprint density at radius 2 is 2.56 bits per heavy atom. The number of hydrogen-bond acceptors (Lipinski definition) is 3. The minimum Gasteiger partial charge on any atom is -0.378 e. The number of aromatic nitrogens is 2. The van der Waals surface area contributed by atoms with Gasteiger partial charge in [0.1, 0.15) is 5.69 Å². The van der Waals surface area contributed by atoms with Gasteiger partial charge in [0.25, 0.3) is 0 Å². The van der Waals surface area contributed by atoms with Crippen LogP contribution in [0, 0.1) is 0 Å². The average Bonchev–Trinajstić information content (AvgIpc) is 2.89. The largest absolute Gasteiger partial charge is 0.378 e. The van der Waals surface area contributed by atoms with E-state index in [9.17, 15) is 4.79 Å². The predicted octanol–water partition coefficient (Wildman–Crippen LogP) is 1.95. The van der Waals surface area contributed by atoms with Crippen LogP contribution in [-0.2, 0) is 11.8 Å². The van der Waals surface area contributed by atoms with E-state index in [4.69, 9.17) is 4.74 Å². The molecule has 88 valence electrons. The summed E-state index contributed by atoms with van der Waals surface area (Å²) in [6.45, 7) is 0.888. The lowest BCUT2D eigenvalue weighted by molar-refractivity contribution is 0.0919. The summed E-state index contributed by atoms with van der Waals surface area (Å²) < 4.78 is 7.17. The van der Waals surface area contributed by atoms with Crippen molar-refractivity contribution in [3.8, 4) is 0 Å². The number of carbonyl (C=O) groups is 1. The Kier molecular flexibility index (Phi) is 3.72. The van der Waals surface area contributed by atoms with Crippen LogP contribution in [0.25, 0.3) is 0 Å². The van der Waals surface area contributed by atoms with E-state index >= 15 is 0 Å². The first kappa shape index (κ1) is 11.3. The molecule has 1 fully saturated rings. The molecule has 1 aromatic rings. The van der Waals surface area contributed by atoms with Crippen molar-refractivity contribution in [2.75, 3.05) is 6.61 Å². The normalized spacial score (nSPS) is 20.2. The van der Waals surface area contributed by atoms with Gasteiger partial charge in [-0.25, -0.2) is 0 Å². The van der Waals surface area contributed by atoms with Gasteiger partial charge in [-0.05, 0) is 31.7 Å². The zero-order valence-electron chi connectivity index (χ0n) is 9.69. The van der Waals surface area contributed by atoms with E-state index in [1.54, 1.807) is 16.9 Å². The summed E-state index contributed by atoms with van der Waals surface area (Å²) >= 11 is 0. The smallest absolute Gasteiger partial charge is 0.183 e. The molecule has 1 aliphatic rings. The lowest BCUT2D eigenvalue weighted by Crippen LogP contribution is -2.07. The van der Waals surface area contributed by atoms with E-state index in [0.717, 1.165) is 25.9 Å². The predicted molar refractivity (Wildman–Crippen MR) is 60.4 cm³/mol. The molecule has 4 nitrogen and oxygen atoms in total. The molecular weight excluding hydrogens is 204 g/mol. The Morgan fingerprint density at radius 1 is 1.69 bits per heavy atom. The van der Waals surface area contributed by atoms with E-state index in [-0.39, 0.29) is 5.78 Å². The fourth-order valence-electron chi connectivity index (χ4n) is 2.05. The number of aryl methyl sites for hydroxylation is 1. The van der Waals surface area contributed by atoms with Gasteiger partial charge in [-0.2, -0.15) is 5.10 Å². The summed E-state index contributed by atoms with van der Waals surface area (Å²) in [7, 11) is 1.82. The Hall–Kier alpha value is -1.16. The summed E-state index contributed by atoms with van der Waals surface area (Å²) in [6, 6.07) is 1.77. The lowest BCUT2D eigenvalue weighted by Gasteiger charge is -2.07. The topological polar surface area (TPSA) is 44.1 Å². The fraction of sp³-hybridized carbons (Fsp3) is 0.667. The quantitative estimate of drug-likeness (QED) is 0.715. The Labute approximate surface area is 95.6 Å². The molecule has 1 aliphatic heterocycles. The third kappa shape index (κ3) is 2.92. The van der Waals surface area contributed by atoms with Crippen molar-refractivity contribution in [2.24, 2.45) is 7.05 Å². The maximum Gasteiger partial charge on any atom is 0.183 e. The van der Waals surface area contributed by atoms with Gasteiger partial charge < -0.3 is 4.74 Å². The molecule has 1 unspecified atom stereocenters. The molecule has 1 saturated heterocycles. The first-order valence-corrected chi connectivity index (χ1v) is 5.90. The molecule has 0 radical (unpaired) electrons. The number of Topliss-reactive ketones (excluding diaryl/α,β-unsaturated/α-hetero) is 1. The van der Waals surface area contributed by atoms with Crippen molar-refractivity contribution in [1.82, 2.24) is 9.78 Å². The van der Waals surface area contributed by atoms with Crippen LogP contribution in [0.4, 0.5) is 0 Å². The van der Waals surface area contributed by atoms with E-state index in [0.29, 0.717) is 18.2 Å². The highest BCUT2D eigenvalue weighted by atomic mass is 16.5. The van der Waals surface area contributed by atoms with E-state index in [1.807, 2.05) is 7.05 Å². The first-order valence-electron chi connectivity index (χ1n) is 5.90. The number of hydrogen-bond donors (Lipinski definition) is 0. The van der Waals surface area contributed by atoms with Gasteiger partial charge in [-0.1, -0.05) is 0 Å². The number of carbonyl (C=O) groups excluding carboxylic acids is 1. The highest BCUT2D eigenvalue weighted by Crippen LogP contribution is 2.18. The molecule has 0 aromatic carbocycles. The van der Waals surface area contributed by atoms with Crippen LogP contribution in [0.15, 0.2) is 12.3 Å². The number of ketones is 1. The van der Waals surface area contributed by atoms with Gasteiger partial charge in [0.05, 0.1) is 6.10 Å². The Bertz CT molecular complexity index is 354. The molecule has 0 aliphatic carbocycles.